The first kappa shape index (κ1) is 14.4. The Labute approximate surface area is 123 Å². The van der Waals surface area contributed by atoms with E-state index in [1.807, 2.05) is 0 Å². The number of hydrogen-bond donors (Lipinski definition) is 1. The summed E-state index contributed by atoms with van der Waals surface area (Å²) in [7, 11) is 0. The van der Waals surface area contributed by atoms with Crippen molar-refractivity contribution in [3.05, 3.63) is 0 Å². The van der Waals surface area contributed by atoms with Gasteiger partial charge in [-0.3, -0.25) is 4.79 Å². The molecule has 3 fully saturated rings. The molecule has 0 aromatic heterocycles. The van der Waals surface area contributed by atoms with E-state index in [0.717, 1.165) is 18.9 Å². The van der Waals surface area contributed by atoms with Crippen LogP contribution < -0.4 is 5.32 Å². The SMILES string of the molecule is CC1CCCCCN1C(=O)C1CCC2CCCCC2N1. The van der Waals surface area contributed by atoms with Gasteiger partial charge >= 0.3 is 0 Å². The first-order valence-corrected chi connectivity index (χ1v) is 8.82. The number of carbonyl (C=O) groups excluding carboxylic acids is 1. The van der Waals surface area contributed by atoms with E-state index in [1.165, 1.54) is 57.8 Å². The van der Waals surface area contributed by atoms with Crippen molar-refractivity contribution in [3.8, 4) is 0 Å². The number of fused-ring (bicyclic) bond motifs is 1. The molecule has 0 radical (unpaired) electrons. The second-order valence-electron chi connectivity index (χ2n) is 7.18. The highest BCUT2D eigenvalue weighted by molar-refractivity contribution is 5.82. The minimum Gasteiger partial charge on any atom is -0.339 e. The van der Waals surface area contributed by atoms with Crippen molar-refractivity contribution >= 4 is 5.91 Å². The van der Waals surface area contributed by atoms with Crippen molar-refractivity contribution in [3.63, 3.8) is 0 Å². The molecule has 4 unspecified atom stereocenters. The summed E-state index contributed by atoms with van der Waals surface area (Å²) in [5, 5.41) is 3.70. The smallest absolute Gasteiger partial charge is 0.239 e. The second kappa shape index (κ2) is 6.46. The summed E-state index contributed by atoms with van der Waals surface area (Å²) in [5.74, 6) is 1.23. The van der Waals surface area contributed by atoms with E-state index in [9.17, 15) is 4.79 Å². The number of hydrogen-bond acceptors (Lipinski definition) is 2. The predicted molar refractivity (Wildman–Crippen MR) is 81.5 cm³/mol. The number of piperidine rings is 1. The van der Waals surface area contributed by atoms with Crippen LogP contribution in [0.15, 0.2) is 0 Å². The molecule has 1 aliphatic carbocycles. The average molecular weight is 278 g/mol. The Hall–Kier alpha value is -0.570. The van der Waals surface area contributed by atoms with Crippen molar-refractivity contribution in [1.82, 2.24) is 10.2 Å². The quantitative estimate of drug-likeness (QED) is 0.799. The summed E-state index contributed by atoms with van der Waals surface area (Å²) in [6.45, 7) is 3.21. The fraction of sp³-hybridized carbons (Fsp3) is 0.941. The maximum absolute atomic E-state index is 12.9. The molecular formula is C17H30N2O. The molecule has 4 atom stereocenters. The average Bonchev–Trinajstić information content (AvgIpc) is 2.70. The number of carbonyl (C=O) groups is 1. The maximum atomic E-state index is 12.9. The van der Waals surface area contributed by atoms with Crippen LogP contribution in [0.2, 0.25) is 0 Å². The van der Waals surface area contributed by atoms with Gasteiger partial charge in [0.15, 0.2) is 0 Å². The number of likely N-dealkylation sites (tertiary alicyclic amines) is 1. The van der Waals surface area contributed by atoms with E-state index in [0.29, 0.717) is 18.0 Å². The molecule has 0 aromatic rings. The minimum atomic E-state index is 0.106. The molecule has 20 heavy (non-hydrogen) atoms. The largest absolute Gasteiger partial charge is 0.339 e. The van der Waals surface area contributed by atoms with Crippen LogP contribution in [0.5, 0.6) is 0 Å². The summed E-state index contributed by atoms with van der Waals surface area (Å²) in [6.07, 6.45) is 12.7. The Kier molecular flexibility index (Phi) is 4.65. The first-order valence-electron chi connectivity index (χ1n) is 8.82. The number of nitrogens with zero attached hydrogens (tertiary/aromatic N) is 1. The molecule has 3 heteroatoms. The summed E-state index contributed by atoms with van der Waals surface area (Å²) in [6, 6.07) is 1.17. The van der Waals surface area contributed by atoms with E-state index in [-0.39, 0.29) is 6.04 Å². The van der Waals surface area contributed by atoms with E-state index in [1.54, 1.807) is 0 Å². The molecule has 114 valence electrons. The molecular weight excluding hydrogens is 248 g/mol. The van der Waals surface area contributed by atoms with E-state index < -0.39 is 0 Å². The van der Waals surface area contributed by atoms with Crippen LogP contribution in [-0.2, 0) is 4.79 Å². The molecule has 3 aliphatic rings. The van der Waals surface area contributed by atoms with Crippen molar-refractivity contribution in [2.45, 2.75) is 89.3 Å². The van der Waals surface area contributed by atoms with Crippen molar-refractivity contribution in [2.75, 3.05) is 6.54 Å². The molecule has 2 saturated heterocycles. The number of nitrogens with one attached hydrogen (secondary N) is 1. The van der Waals surface area contributed by atoms with Gasteiger partial charge in [-0.15, -0.1) is 0 Å². The van der Waals surface area contributed by atoms with Gasteiger partial charge in [0.1, 0.15) is 0 Å². The standard InChI is InChI=1S/C17H30N2O/c1-13-7-3-2-6-12-19(13)17(20)16-11-10-14-8-4-5-9-15(14)18-16/h13-16,18H,2-12H2,1H3. The highest BCUT2D eigenvalue weighted by atomic mass is 16.2. The Bertz CT molecular complexity index is 344. The van der Waals surface area contributed by atoms with E-state index >= 15 is 0 Å². The van der Waals surface area contributed by atoms with Gasteiger partial charge in [-0.25, -0.2) is 0 Å². The fourth-order valence-electron chi connectivity index (χ4n) is 4.49. The highest BCUT2D eigenvalue weighted by Gasteiger charge is 2.37. The molecule has 0 spiro atoms. The lowest BCUT2D eigenvalue weighted by molar-refractivity contribution is -0.136. The third kappa shape index (κ3) is 3.03. The van der Waals surface area contributed by atoms with Gasteiger partial charge in [0, 0.05) is 18.6 Å². The molecule has 1 saturated carbocycles. The van der Waals surface area contributed by atoms with Crippen LogP contribution in [-0.4, -0.2) is 35.5 Å². The van der Waals surface area contributed by atoms with Crippen LogP contribution in [0.1, 0.15) is 71.1 Å². The minimum absolute atomic E-state index is 0.106. The molecule has 2 aliphatic heterocycles. The van der Waals surface area contributed by atoms with Gasteiger partial charge in [-0.1, -0.05) is 25.7 Å². The van der Waals surface area contributed by atoms with E-state index in [2.05, 4.69) is 17.1 Å². The summed E-state index contributed by atoms with van der Waals surface area (Å²) in [5.41, 5.74) is 0. The van der Waals surface area contributed by atoms with Crippen LogP contribution in [0, 0.1) is 5.92 Å². The van der Waals surface area contributed by atoms with Crippen molar-refractivity contribution in [1.29, 1.82) is 0 Å². The topological polar surface area (TPSA) is 32.3 Å². The predicted octanol–water partition coefficient (Wildman–Crippen LogP) is 3.09. The summed E-state index contributed by atoms with van der Waals surface area (Å²) >= 11 is 0. The molecule has 0 aromatic carbocycles. The summed E-state index contributed by atoms with van der Waals surface area (Å²) in [4.78, 5) is 15.0. The van der Waals surface area contributed by atoms with Gasteiger partial charge in [-0.05, 0) is 51.4 Å². The first-order chi connectivity index (χ1) is 9.75. The van der Waals surface area contributed by atoms with Crippen LogP contribution in [0.25, 0.3) is 0 Å². The molecule has 1 amide bonds. The normalized spacial score (nSPS) is 39.0. The van der Waals surface area contributed by atoms with Gasteiger partial charge in [0.05, 0.1) is 6.04 Å². The molecule has 0 bridgehead atoms. The third-order valence-corrected chi connectivity index (χ3v) is 5.78. The van der Waals surface area contributed by atoms with Crippen LogP contribution in [0.3, 0.4) is 0 Å². The maximum Gasteiger partial charge on any atom is 0.239 e. The third-order valence-electron chi connectivity index (χ3n) is 5.78. The molecule has 1 N–H and O–H groups in total. The van der Waals surface area contributed by atoms with Crippen molar-refractivity contribution < 1.29 is 4.79 Å². The monoisotopic (exact) mass is 278 g/mol. The Morgan fingerprint density at radius 3 is 2.65 bits per heavy atom. The Balaban J connectivity index is 1.61. The van der Waals surface area contributed by atoms with Crippen LogP contribution >= 0.6 is 0 Å². The lowest BCUT2D eigenvalue weighted by atomic mass is 9.77. The van der Waals surface area contributed by atoms with Gasteiger partial charge in [-0.2, -0.15) is 0 Å². The Morgan fingerprint density at radius 2 is 1.75 bits per heavy atom. The van der Waals surface area contributed by atoms with Gasteiger partial charge in [0.25, 0.3) is 0 Å². The highest BCUT2D eigenvalue weighted by Crippen LogP contribution is 2.33. The zero-order chi connectivity index (χ0) is 13.9. The van der Waals surface area contributed by atoms with Gasteiger partial charge < -0.3 is 10.2 Å². The second-order valence-corrected chi connectivity index (χ2v) is 7.18. The molecule has 3 rings (SSSR count). The van der Waals surface area contributed by atoms with Gasteiger partial charge in [0.2, 0.25) is 5.91 Å². The molecule has 3 nitrogen and oxygen atoms in total. The van der Waals surface area contributed by atoms with E-state index in [4.69, 9.17) is 0 Å². The number of amides is 1. The number of rotatable bonds is 1. The fourth-order valence-corrected chi connectivity index (χ4v) is 4.49. The Morgan fingerprint density at radius 1 is 0.950 bits per heavy atom. The van der Waals surface area contributed by atoms with Crippen molar-refractivity contribution in [2.24, 2.45) is 5.92 Å². The zero-order valence-electron chi connectivity index (χ0n) is 12.9. The lowest BCUT2D eigenvalue weighted by Crippen LogP contribution is -2.57. The van der Waals surface area contributed by atoms with Crippen LogP contribution in [0.4, 0.5) is 0 Å². The summed E-state index contributed by atoms with van der Waals surface area (Å²) < 4.78 is 0. The lowest BCUT2D eigenvalue weighted by Gasteiger charge is -2.42. The zero-order valence-corrected chi connectivity index (χ0v) is 12.9. The molecule has 2 heterocycles.